The Bertz CT molecular complexity index is 472. The zero-order chi connectivity index (χ0) is 12.5. The average molecular weight is 247 g/mol. The maximum Gasteiger partial charge on any atom is 0.338 e. The third kappa shape index (κ3) is 2.08. The summed E-state index contributed by atoms with van der Waals surface area (Å²) >= 11 is 0. The van der Waals surface area contributed by atoms with Gasteiger partial charge in [0, 0.05) is 18.7 Å². The zero-order valence-electron chi connectivity index (χ0n) is 10.5. The number of carbonyl (C=O) groups excluding carboxylic acids is 1. The molecule has 1 aromatic carbocycles. The Kier molecular flexibility index (Phi) is 2.96. The van der Waals surface area contributed by atoms with E-state index in [-0.39, 0.29) is 12.1 Å². The van der Waals surface area contributed by atoms with Gasteiger partial charge in [-0.05, 0) is 31.2 Å². The highest BCUT2D eigenvalue weighted by Crippen LogP contribution is 2.26. The first-order chi connectivity index (χ1) is 8.76. The first kappa shape index (κ1) is 11.5. The second kappa shape index (κ2) is 4.61. The Hall–Kier alpha value is -1.55. The van der Waals surface area contributed by atoms with E-state index in [1.165, 1.54) is 0 Å². The second-order valence-electron chi connectivity index (χ2n) is 4.82. The SMILES string of the molecule is CCN1CC[C@H](Oc2ccc3c(c2)COC3=O)C1. The molecular weight excluding hydrogens is 230 g/mol. The Morgan fingerprint density at radius 1 is 1.50 bits per heavy atom. The number of esters is 1. The van der Waals surface area contributed by atoms with E-state index in [1.807, 2.05) is 12.1 Å². The minimum Gasteiger partial charge on any atom is -0.489 e. The second-order valence-corrected chi connectivity index (χ2v) is 4.82. The number of hydrogen-bond donors (Lipinski definition) is 0. The molecular formula is C14H17NO3. The van der Waals surface area contributed by atoms with Crippen LogP contribution in [0, 0.1) is 0 Å². The molecule has 0 radical (unpaired) electrons. The largest absolute Gasteiger partial charge is 0.489 e. The number of hydrogen-bond acceptors (Lipinski definition) is 4. The lowest BCUT2D eigenvalue weighted by molar-refractivity contribution is 0.0535. The summed E-state index contributed by atoms with van der Waals surface area (Å²) in [5.41, 5.74) is 1.60. The van der Waals surface area contributed by atoms with Crippen LogP contribution in [-0.4, -0.2) is 36.6 Å². The molecule has 4 nitrogen and oxygen atoms in total. The summed E-state index contributed by atoms with van der Waals surface area (Å²) in [5.74, 6) is 0.615. The monoisotopic (exact) mass is 247 g/mol. The molecule has 0 bridgehead atoms. The Morgan fingerprint density at radius 2 is 2.39 bits per heavy atom. The van der Waals surface area contributed by atoms with E-state index in [0.29, 0.717) is 12.2 Å². The van der Waals surface area contributed by atoms with E-state index in [0.717, 1.165) is 37.4 Å². The predicted molar refractivity (Wildman–Crippen MR) is 66.7 cm³/mol. The molecule has 0 aromatic heterocycles. The number of likely N-dealkylation sites (tertiary alicyclic amines) is 1. The molecule has 0 unspecified atom stereocenters. The fourth-order valence-electron chi connectivity index (χ4n) is 2.56. The smallest absolute Gasteiger partial charge is 0.338 e. The first-order valence-electron chi connectivity index (χ1n) is 6.45. The molecule has 18 heavy (non-hydrogen) atoms. The average Bonchev–Trinajstić information content (AvgIpc) is 2.97. The number of cyclic esters (lactones) is 1. The number of carbonyl (C=O) groups is 1. The van der Waals surface area contributed by atoms with Crippen LogP contribution >= 0.6 is 0 Å². The predicted octanol–water partition coefficient (Wildman–Crippen LogP) is 1.83. The van der Waals surface area contributed by atoms with Crippen molar-refractivity contribution in [1.82, 2.24) is 4.90 Å². The summed E-state index contributed by atoms with van der Waals surface area (Å²) in [6.45, 7) is 5.71. The first-order valence-corrected chi connectivity index (χ1v) is 6.45. The molecule has 0 N–H and O–H groups in total. The number of likely N-dealkylation sites (N-methyl/N-ethyl adjacent to an activating group) is 1. The summed E-state index contributed by atoms with van der Waals surface area (Å²) in [6, 6.07) is 5.58. The van der Waals surface area contributed by atoms with Gasteiger partial charge in [-0.2, -0.15) is 0 Å². The van der Waals surface area contributed by atoms with E-state index >= 15 is 0 Å². The van der Waals surface area contributed by atoms with Gasteiger partial charge in [0.05, 0.1) is 5.56 Å². The Morgan fingerprint density at radius 3 is 3.17 bits per heavy atom. The number of ether oxygens (including phenoxy) is 2. The summed E-state index contributed by atoms with van der Waals surface area (Å²) in [4.78, 5) is 13.7. The topological polar surface area (TPSA) is 38.8 Å². The standard InChI is InChI=1S/C14H17NO3/c1-2-15-6-5-12(8-15)18-11-3-4-13-10(7-11)9-17-14(13)16/h3-4,7,12H,2,5-6,8-9H2,1H3/t12-/m0/s1. The van der Waals surface area contributed by atoms with Crippen molar-refractivity contribution < 1.29 is 14.3 Å². The molecule has 2 aliphatic heterocycles. The van der Waals surface area contributed by atoms with Gasteiger partial charge in [0.25, 0.3) is 0 Å². The van der Waals surface area contributed by atoms with Gasteiger partial charge in [0.2, 0.25) is 0 Å². The lowest BCUT2D eigenvalue weighted by Gasteiger charge is -2.15. The van der Waals surface area contributed by atoms with Crippen LogP contribution in [0.3, 0.4) is 0 Å². The van der Waals surface area contributed by atoms with Gasteiger partial charge in [-0.15, -0.1) is 0 Å². The normalized spacial score (nSPS) is 22.9. The van der Waals surface area contributed by atoms with Gasteiger partial charge in [0.15, 0.2) is 0 Å². The number of fused-ring (bicyclic) bond motifs is 1. The zero-order valence-corrected chi connectivity index (χ0v) is 10.5. The van der Waals surface area contributed by atoms with Crippen molar-refractivity contribution in [2.45, 2.75) is 26.1 Å². The van der Waals surface area contributed by atoms with E-state index in [4.69, 9.17) is 9.47 Å². The van der Waals surface area contributed by atoms with Crippen molar-refractivity contribution >= 4 is 5.97 Å². The molecule has 4 heteroatoms. The van der Waals surface area contributed by atoms with E-state index in [2.05, 4.69) is 11.8 Å². The van der Waals surface area contributed by atoms with Crippen LogP contribution in [0.1, 0.15) is 29.3 Å². The van der Waals surface area contributed by atoms with Crippen LogP contribution in [0.15, 0.2) is 18.2 Å². The third-order valence-corrected chi connectivity index (χ3v) is 3.63. The van der Waals surface area contributed by atoms with Crippen LogP contribution in [0.25, 0.3) is 0 Å². The third-order valence-electron chi connectivity index (χ3n) is 3.63. The molecule has 1 saturated heterocycles. The summed E-state index contributed by atoms with van der Waals surface area (Å²) < 4.78 is 10.9. The minimum absolute atomic E-state index is 0.227. The van der Waals surface area contributed by atoms with E-state index in [9.17, 15) is 4.79 Å². The van der Waals surface area contributed by atoms with E-state index in [1.54, 1.807) is 6.07 Å². The van der Waals surface area contributed by atoms with Gasteiger partial charge in [0.1, 0.15) is 18.5 Å². The summed E-state index contributed by atoms with van der Waals surface area (Å²) in [6.07, 6.45) is 1.33. The highest BCUT2D eigenvalue weighted by Gasteiger charge is 2.25. The van der Waals surface area contributed by atoms with Crippen LogP contribution in [0.4, 0.5) is 0 Å². The van der Waals surface area contributed by atoms with Crippen molar-refractivity contribution in [3.05, 3.63) is 29.3 Å². The molecule has 1 atom stereocenters. The lowest BCUT2D eigenvalue weighted by Crippen LogP contribution is -2.24. The molecule has 0 spiro atoms. The van der Waals surface area contributed by atoms with Crippen molar-refractivity contribution in [3.63, 3.8) is 0 Å². The summed E-state index contributed by atoms with van der Waals surface area (Å²) in [7, 11) is 0. The fourth-order valence-corrected chi connectivity index (χ4v) is 2.56. The van der Waals surface area contributed by atoms with Crippen molar-refractivity contribution in [3.8, 4) is 5.75 Å². The molecule has 1 aromatic rings. The molecule has 1 fully saturated rings. The quantitative estimate of drug-likeness (QED) is 0.764. The highest BCUT2D eigenvalue weighted by molar-refractivity contribution is 5.93. The molecule has 2 aliphatic rings. The molecule has 3 rings (SSSR count). The van der Waals surface area contributed by atoms with Crippen molar-refractivity contribution in [1.29, 1.82) is 0 Å². The van der Waals surface area contributed by atoms with Crippen LogP contribution in [0.2, 0.25) is 0 Å². The Balaban J connectivity index is 1.69. The number of benzene rings is 1. The van der Waals surface area contributed by atoms with Crippen molar-refractivity contribution in [2.75, 3.05) is 19.6 Å². The van der Waals surface area contributed by atoms with Crippen molar-refractivity contribution in [2.24, 2.45) is 0 Å². The maximum absolute atomic E-state index is 11.3. The fraction of sp³-hybridized carbons (Fsp3) is 0.500. The van der Waals surface area contributed by atoms with Gasteiger partial charge < -0.3 is 9.47 Å². The molecule has 0 aliphatic carbocycles. The number of rotatable bonds is 3. The molecule has 96 valence electrons. The maximum atomic E-state index is 11.3. The highest BCUT2D eigenvalue weighted by atomic mass is 16.5. The molecule has 0 amide bonds. The molecule has 2 heterocycles. The lowest BCUT2D eigenvalue weighted by atomic mass is 10.1. The number of nitrogens with zero attached hydrogens (tertiary/aromatic N) is 1. The Labute approximate surface area is 106 Å². The van der Waals surface area contributed by atoms with E-state index < -0.39 is 0 Å². The van der Waals surface area contributed by atoms with Gasteiger partial charge >= 0.3 is 5.97 Å². The van der Waals surface area contributed by atoms with Gasteiger partial charge in [-0.3, -0.25) is 4.90 Å². The van der Waals surface area contributed by atoms with Crippen LogP contribution in [-0.2, 0) is 11.3 Å². The van der Waals surface area contributed by atoms with Gasteiger partial charge in [-0.1, -0.05) is 6.92 Å². The molecule has 0 saturated carbocycles. The summed E-state index contributed by atoms with van der Waals surface area (Å²) in [5, 5.41) is 0. The van der Waals surface area contributed by atoms with Crippen LogP contribution in [0.5, 0.6) is 5.75 Å². The van der Waals surface area contributed by atoms with Gasteiger partial charge in [-0.25, -0.2) is 4.79 Å². The minimum atomic E-state index is -0.227. The van der Waals surface area contributed by atoms with Crippen LogP contribution < -0.4 is 4.74 Å².